The highest BCUT2D eigenvalue weighted by atomic mass is 79.9. The lowest BCUT2D eigenvalue weighted by atomic mass is 10.3. The van der Waals surface area contributed by atoms with Crippen molar-refractivity contribution in [3.63, 3.8) is 0 Å². The van der Waals surface area contributed by atoms with Crippen LogP contribution in [0.3, 0.4) is 0 Å². The van der Waals surface area contributed by atoms with Gasteiger partial charge in [0.25, 0.3) is 0 Å². The van der Waals surface area contributed by atoms with E-state index in [4.69, 9.17) is 0 Å². The van der Waals surface area contributed by atoms with Crippen LogP contribution in [0.15, 0.2) is 15.9 Å². The molecule has 15 heavy (non-hydrogen) atoms. The molecule has 0 aliphatic heterocycles. The van der Waals surface area contributed by atoms with E-state index in [9.17, 15) is 0 Å². The van der Waals surface area contributed by atoms with Crippen LogP contribution in [0.5, 0.6) is 0 Å². The highest BCUT2D eigenvalue weighted by Gasteiger charge is 2.08. The van der Waals surface area contributed by atoms with E-state index in [1.165, 1.54) is 28.7 Å². The molecule has 0 aliphatic carbocycles. The molecule has 0 fully saturated rings. The molecule has 0 radical (unpaired) electrons. The van der Waals surface area contributed by atoms with Crippen LogP contribution in [-0.2, 0) is 6.54 Å². The van der Waals surface area contributed by atoms with E-state index in [0.717, 1.165) is 18.4 Å². The van der Waals surface area contributed by atoms with Crippen LogP contribution in [0, 0.1) is 0 Å². The lowest BCUT2D eigenvalue weighted by Crippen LogP contribution is -2.26. The van der Waals surface area contributed by atoms with Gasteiger partial charge in [-0.15, -0.1) is 11.3 Å². The first-order chi connectivity index (χ1) is 7.27. The summed E-state index contributed by atoms with van der Waals surface area (Å²) in [6, 6.07) is 2.13. The van der Waals surface area contributed by atoms with Crippen molar-refractivity contribution in [2.75, 3.05) is 18.4 Å². The van der Waals surface area contributed by atoms with Gasteiger partial charge in [0.2, 0.25) is 0 Å². The Labute approximate surface area is 113 Å². The second-order valence-corrected chi connectivity index (χ2v) is 6.16. The Kier molecular flexibility index (Phi) is 7.14. The first-order valence-electron chi connectivity index (χ1n) is 5.28. The van der Waals surface area contributed by atoms with Gasteiger partial charge in [-0.25, -0.2) is 0 Å². The minimum atomic E-state index is 1.06. The smallest absolute Gasteiger partial charge is 0.0339 e. The molecular weight excluding hydrogens is 338 g/mol. The van der Waals surface area contributed by atoms with E-state index in [-0.39, 0.29) is 0 Å². The maximum absolute atomic E-state index is 3.59. The second kappa shape index (κ2) is 7.82. The average molecular weight is 355 g/mol. The fourth-order valence-electron chi connectivity index (χ4n) is 1.41. The number of nitrogens with zero attached hydrogens (tertiary/aromatic N) is 1. The zero-order chi connectivity index (χ0) is 11.1. The average Bonchev–Trinajstić information content (AvgIpc) is 2.61. The predicted octanol–water partition coefficient (Wildman–Crippen LogP) is 4.51. The Hall–Kier alpha value is 0.620. The van der Waals surface area contributed by atoms with E-state index in [0.29, 0.717) is 0 Å². The Bertz CT molecular complexity index is 275. The highest BCUT2D eigenvalue weighted by Crippen LogP contribution is 2.24. The monoisotopic (exact) mass is 353 g/mol. The lowest BCUT2D eigenvalue weighted by molar-refractivity contribution is 0.280. The largest absolute Gasteiger partial charge is 0.297 e. The van der Waals surface area contributed by atoms with Gasteiger partial charge in [-0.05, 0) is 40.3 Å². The van der Waals surface area contributed by atoms with E-state index in [2.05, 4.69) is 55.1 Å². The molecule has 1 aromatic rings. The number of hydrogen-bond donors (Lipinski definition) is 0. The van der Waals surface area contributed by atoms with Crippen molar-refractivity contribution >= 4 is 43.2 Å². The fourth-order valence-corrected chi connectivity index (χ4v) is 3.43. The quantitative estimate of drug-likeness (QED) is 0.651. The summed E-state index contributed by atoms with van der Waals surface area (Å²) in [5.74, 6) is 0. The van der Waals surface area contributed by atoms with Crippen molar-refractivity contribution in [2.45, 2.75) is 26.3 Å². The maximum Gasteiger partial charge on any atom is 0.0339 e. The Morgan fingerprint density at radius 3 is 2.73 bits per heavy atom. The van der Waals surface area contributed by atoms with Gasteiger partial charge in [-0.1, -0.05) is 29.3 Å². The number of rotatable bonds is 7. The summed E-state index contributed by atoms with van der Waals surface area (Å²) < 4.78 is 1.25. The van der Waals surface area contributed by atoms with Crippen LogP contribution in [0.4, 0.5) is 0 Å². The van der Waals surface area contributed by atoms with E-state index in [1.54, 1.807) is 0 Å². The van der Waals surface area contributed by atoms with Crippen LogP contribution in [0.1, 0.15) is 24.6 Å². The molecule has 0 aromatic carbocycles. The van der Waals surface area contributed by atoms with Gasteiger partial charge in [0.05, 0.1) is 0 Å². The van der Waals surface area contributed by atoms with Crippen LogP contribution in [-0.4, -0.2) is 23.3 Å². The van der Waals surface area contributed by atoms with E-state index < -0.39 is 0 Å². The summed E-state index contributed by atoms with van der Waals surface area (Å²) >= 11 is 8.93. The third-order valence-electron chi connectivity index (χ3n) is 2.29. The molecule has 0 N–H and O–H groups in total. The maximum atomic E-state index is 3.59. The van der Waals surface area contributed by atoms with Gasteiger partial charge in [-0.2, -0.15) is 0 Å². The molecule has 0 atom stereocenters. The zero-order valence-electron chi connectivity index (χ0n) is 9.01. The Morgan fingerprint density at radius 2 is 2.20 bits per heavy atom. The first-order valence-corrected chi connectivity index (χ1v) is 8.07. The topological polar surface area (TPSA) is 3.24 Å². The summed E-state index contributed by atoms with van der Waals surface area (Å²) in [5, 5.41) is 3.20. The molecular formula is C11H17Br2NS. The SMILES string of the molecule is CCCCN(CCBr)Cc1sccc1Br. The number of hydrogen-bond acceptors (Lipinski definition) is 2. The van der Waals surface area contributed by atoms with Gasteiger partial charge in [0.1, 0.15) is 0 Å². The Balaban J connectivity index is 2.46. The fraction of sp³-hybridized carbons (Fsp3) is 0.636. The predicted molar refractivity (Wildman–Crippen MR) is 76.0 cm³/mol. The molecule has 86 valence electrons. The first kappa shape index (κ1) is 13.7. The molecule has 1 nitrogen and oxygen atoms in total. The molecule has 0 saturated heterocycles. The molecule has 0 bridgehead atoms. The lowest BCUT2D eigenvalue weighted by Gasteiger charge is -2.20. The van der Waals surface area contributed by atoms with E-state index in [1.807, 2.05) is 11.3 Å². The number of unbranched alkanes of at least 4 members (excludes halogenated alkanes) is 1. The van der Waals surface area contributed by atoms with Crippen molar-refractivity contribution in [1.29, 1.82) is 0 Å². The normalized spacial score (nSPS) is 11.2. The molecule has 4 heteroatoms. The molecule has 0 aliphatic rings. The second-order valence-electron chi connectivity index (χ2n) is 3.51. The van der Waals surface area contributed by atoms with Crippen LogP contribution in [0.25, 0.3) is 0 Å². The minimum absolute atomic E-state index is 1.06. The van der Waals surface area contributed by atoms with Crippen molar-refractivity contribution in [3.8, 4) is 0 Å². The molecule has 0 spiro atoms. The van der Waals surface area contributed by atoms with Crippen molar-refractivity contribution < 1.29 is 0 Å². The van der Waals surface area contributed by atoms with Crippen LogP contribution in [0.2, 0.25) is 0 Å². The number of halogens is 2. The zero-order valence-corrected chi connectivity index (χ0v) is 13.0. The molecule has 0 saturated carbocycles. The molecule has 1 heterocycles. The van der Waals surface area contributed by atoms with Crippen molar-refractivity contribution in [2.24, 2.45) is 0 Å². The third kappa shape index (κ3) is 4.98. The third-order valence-corrected chi connectivity index (χ3v) is 4.55. The van der Waals surface area contributed by atoms with Crippen LogP contribution < -0.4 is 0 Å². The van der Waals surface area contributed by atoms with Crippen LogP contribution >= 0.6 is 43.2 Å². The molecule has 0 amide bonds. The summed E-state index contributed by atoms with van der Waals surface area (Å²) in [4.78, 5) is 3.95. The number of alkyl halides is 1. The number of thiophene rings is 1. The van der Waals surface area contributed by atoms with Gasteiger partial charge in [0.15, 0.2) is 0 Å². The van der Waals surface area contributed by atoms with Gasteiger partial charge >= 0.3 is 0 Å². The Morgan fingerprint density at radius 1 is 1.40 bits per heavy atom. The summed E-state index contributed by atoms with van der Waals surface area (Å²) in [6.45, 7) is 5.65. The van der Waals surface area contributed by atoms with Gasteiger partial charge in [0, 0.05) is 27.8 Å². The molecule has 0 unspecified atom stereocenters. The summed E-state index contributed by atoms with van der Waals surface area (Å²) in [7, 11) is 0. The van der Waals surface area contributed by atoms with E-state index >= 15 is 0 Å². The van der Waals surface area contributed by atoms with Gasteiger partial charge in [-0.3, -0.25) is 4.90 Å². The summed E-state index contributed by atoms with van der Waals surface area (Å²) in [5.41, 5.74) is 0. The van der Waals surface area contributed by atoms with Crippen molar-refractivity contribution in [1.82, 2.24) is 4.90 Å². The molecule has 1 aromatic heterocycles. The van der Waals surface area contributed by atoms with Crippen molar-refractivity contribution in [3.05, 3.63) is 20.8 Å². The molecule has 1 rings (SSSR count). The standard InChI is InChI=1S/C11H17Br2NS/c1-2-3-6-14(7-5-12)9-11-10(13)4-8-15-11/h4,8H,2-3,5-7,9H2,1H3. The minimum Gasteiger partial charge on any atom is -0.297 e. The highest BCUT2D eigenvalue weighted by molar-refractivity contribution is 9.10. The summed E-state index contributed by atoms with van der Waals surface area (Å²) in [6.07, 6.45) is 2.56. The van der Waals surface area contributed by atoms with Gasteiger partial charge < -0.3 is 0 Å².